The Kier molecular flexibility index (Phi) is 6.43. The van der Waals surface area contributed by atoms with Crippen LogP contribution in [0.1, 0.15) is 6.92 Å². The molecule has 1 amide bonds. The minimum Gasteiger partial charge on any atom is -0.496 e. The first-order valence-electron chi connectivity index (χ1n) is 8.06. The van der Waals surface area contributed by atoms with Crippen LogP contribution in [0.25, 0.3) is 11.4 Å². The van der Waals surface area contributed by atoms with Crippen molar-refractivity contribution >= 4 is 46.6 Å². The number of hydrogen-bond acceptors (Lipinski definition) is 5. The average Bonchev–Trinajstić information content (AvgIpc) is 3.12. The van der Waals surface area contributed by atoms with Gasteiger partial charge >= 0.3 is 0 Å². The maximum Gasteiger partial charge on any atom is 0.237 e. The first-order chi connectivity index (χ1) is 13.4. The average molecular weight is 441 g/mol. The molecule has 0 saturated carbocycles. The zero-order valence-corrected chi connectivity index (χ0v) is 17.1. The summed E-state index contributed by atoms with van der Waals surface area (Å²) in [5, 5.41) is 10.1. The minimum absolute atomic E-state index is 0.124. The van der Waals surface area contributed by atoms with Gasteiger partial charge in [0.05, 0.1) is 28.6 Å². The molecule has 3 rings (SSSR count). The number of halogens is 3. The maximum atomic E-state index is 13.1. The molecular weight excluding hydrogens is 426 g/mol. The van der Waals surface area contributed by atoms with Gasteiger partial charge in [0.15, 0.2) is 5.82 Å². The number of carbonyl (C=O) groups is 1. The van der Waals surface area contributed by atoms with E-state index in [0.717, 1.165) is 17.8 Å². The standard InChI is InChI=1S/C18H15Cl2FN4O2S/c1-9(17(26)22-14-5-4-11(21)8-13(14)20)28-18-23-16(24-25-18)12-7-10(19)3-6-15(12)27-2/h3-9H,1-2H3,(H,22,26)(H,23,24,25). The van der Waals surface area contributed by atoms with Gasteiger partial charge in [-0.15, -0.1) is 5.10 Å². The second kappa shape index (κ2) is 8.81. The molecule has 1 unspecified atom stereocenters. The largest absolute Gasteiger partial charge is 0.496 e. The zero-order valence-electron chi connectivity index (χ0n) is 14.8. The molecule has 1 heterocycles. The predicted octanol–water partition coefficient (Wildman–Crippen LogP) is 5.05. The van der Waals surface area contributed by atoms with Crippen molar-refractivity contribution in [3.05, 3.63) is 52.3 Å². The summed E-state index contributed by atoms with van der Waals surface area (Å²) in [5.41, 5.74) is 0.990. The monoisotopic (exact) mass is 440 g/mol. The van der Waals surface area contributed by atoms with Gasteiger partial charge in [0.1, 0.15) is 11.6 Å². The summed E-state index contributed by atoms with van der Waals surface area (Å²) in [5.74, 6) is 0.269. The van der Waals surface area contributed by atoms with Crippen LogP contribution >= 0.6 is 35.0 Å². The number of aromatic nitrogens is 3. The van der Waals surface area contributed by atoms with Gasteiger partial charge < -0.3 is 10.1 Å². The van der Waals surface area contributed by atoms with Crippen molar-refractivity contribution in [3.8, 4) is 17.1 Å². The van der Waals surface area contributed by atoms with Crippen molar-refractivity contribution in [2.75, 3.05) is 12.4 Å². The zero-order chi connectivity index (χ0) is 20.3. The van der Waals surface area contributed by atoms with E-state index in [-0.39, 0.29) is 10.9 Å². The van der Waals surface area contributed by atoms with Gasteiger partial charge in [0, 0.05) is 5.02 Å². The number of thioether (sulfide) groups is 1. The number of ether oxygens (including phenoxy) is 1. The van der Waals surface area contributed by atoms with Gasteiger partial charge in [-0.25, -0.2) is 9.37 Å². The highest BCUT2D eigenvalue weighted by atomic mass is 35.5. The summed E-state index contributed by atoms with van der Waals surface area (Å²) in [6, 6.07) is 8.91. The Labute approximate surface area is 174 Å². The summed E-state index contributed by atoms with van der Waals surface area (Å²) in [7, 11) is 1.55. The predicted molar refractivity (Wildman–Crippen MR) is 109 cm³/mol. The van der Waals surface area contributed by atoms with Crippen LogP contribution in [0.3, 0.4) is 0 Å². The molecule has 0 aliphatic rings. The van der Waals surface area contributed by atoms with Crippen LogP contribution in [0.15, 0.2) is 41.6 Å². The second-order valence-electron chi connectivity index (χ2n) is 5.68. The number of nitrogens with one attached hydrogen (secondary N) is 2. The second-order valence-corrected chi connectivity index (χ2v) is 7.84. The van der Waals surface area contributed by atoms with Gasteiger partial charge in [-0.2, -0.15) is 0 Å². The van der Waals surface area contributed by atoms with Crippen LogP contribution in [-0.4, -0.2) is 33.4 Å². The molecule has 10 heteroatoms. The van der Waals surface area contributed by atoms with Gasteiger partial charge in [-0.1, -0.05) is 35.0 Å². The molecule has 6 nitrogen and oxygen atoms in total. The molecule has 0 saturated heterocycles. The third-order valence-corrected chi connectivity index (χ3v) is 5.23. The topological polar surface area (TPSA) is 79.9 Å². The molecule has 0 aliphatic heterocycles. The number of H-pyrrole nitrogens is 1. The minimum atomic E-state index is -0.522. The summed E-state index contributed by atoms with van der Waals surface area (Å²) in [4.78, 5) is 16.8. The van der Waals surface area contributed by atoms with Crippen molar-refractivity contribution in [2.45, 2.75) is 17.3 Å². The first kappa shape index (κ1) is 20.4. The Morgan fingerprint density at radius 1 is 1.29 bits per heavy atom. The maximum absolute atomic E-state index is 13.1. The van der Waals surface area contributed by atoms with Crippen LogP contribution < -0.4 is 10.1 Å². The normalized spacial score (nSPS) is 11.9. The lowest BCUT2D eigenvalue weighted by Gasteiger charge is -2.11. The van der Waals surface area contributed by atoms with Crippen molar-refractivity contribution in [1.29, 1.82) is 0 Å². The summed E-state index contributed by atoms with van der Waals surface area (Å²) < 4.78 is 18.4. The lowest BCUT2D eigenvalue weighted by Crippen LogP contribution is -2.22. The Morgan fingerprint density at radius 2 is 2.07 bits per heavy atom. The highest BCUT2D eigenvalue weighted by molar-refractivity contribution is 8.00. The molecule has 3 aromatic rings. The molecule has 1 atom stereocenters. The third-order valence-electron chi connectivity index (χ3n) is 3.72. The van der Waals surface area contributed by atoms with E-state index in [0.29, 0.717) is 33.0 Å². The van der Waals surface area contributed by atoms with Crippen LogP contribution in [0.2, 0.25) is 10.0 Å². The third kappa shape index (κ3) is 4.76. The SMILES string of the molecule is COc1ccc(Cl)cc1-c1nc(SC(C)C(=O)Nc2ccc(F)cc2Cl)n[nH]1. The lowest BCUT2D eigenvalue weighted by atomic mass is 10.2. The highest BCUT2D eigenvalue weighted by Crippen LogP contribution is 2.32. The Hall–Kier alpha value is -2.29. The number of aromatic amines is 1. The number of carbonyl (C=O) groups excluding carboxylic acids is 1. The first-order valence-corrected chi connectivity index (χ1v) is 9.70. The molecule has 1 aromatic heterocycles. The smallest absolute Gasteiger partial charge is 0.237 e. The molecule has 0 fully saturated rings. The Morgan fingerprint density at radius 3 is 2.79 bits per heavy atom. The number of methoxy groups -OCH3 is 1. The van der Waals surface area contributed by atoms with Crippen molar-refractivity contribution < 1.29 is 13.9 Å². The van der Waals surface area contributed by atoms with E-state index in [2.05, 4.69) is 20.5 Å². The van der Waals surface area contributed by atoms with Crippen LogP contribution in [0.4, 0.5) is 10.1 Å². The molecule has 0 spiro atoms. The quantitative estimate of drug-likeness (QED) is 0.524. The Balaban J connectivity index is 1.71. The number of hydrogen-bond donors (Lipinski definition) is 2. The summed E-state index contributed by atoms with van der Waals surface area (Å²) in [6.45, 7) is 1.70. The fourth-order valence-corrected chi connectivity index (χ4v) is 3.43. The van der Waals surface area contributed by atoms with E-state index in [9.17, 15) is 9.18 Å². The molecule has 28 heavy (non-hydrogen) atoms. The molecule has 2 N–H and O–H groups in total. The van der Waals surface area contributed by atoms with E-state index >= 15 is 0 Å². The molecule has 0 bridgehead atoms. The highest BCUT2D eigenvalue weighted by Gasteiger charge is 2.19. The van der Waals surface area contributed by atoms with Crippen molar-refractivity contribution in [3.63, 3.8) is 0 Å². The van der Waals surface area contributed by atoms with Gasteiger partial charge in [0.2, 0.25) is 11.1 Å². The van der Waals surface area contributed by atoms with Crippen LogP contribution in [0, 0.1) is 5.82 Å². The van der Waals surface area contributed by atoms with Crippen LogP contribution in [0.5, 0.6) is 5.75 Å². The van der Waals surface area contributed by atoms with E-state index < -0.39 is 11.1 Å². The van der Waals surface area contributed by atoms with E-state index in [4.69, 9.17) is 27.9 Å². The molecule has 2 aromatic carbocycles. The fraction of sp³-hybridized carbons (Fsp3) is 0.167. The summed E-state index contributed by atoms with van der Waals surface area (Å²) in [6.07, 6.45) is 0. The van der Waals surface area contributed by atoms with Crippen molar-refractivity contribution in [1.82, 2.24) is 15.2 Å². The molecular formula is C18H15Cl2FN4O2S. The number of rotatable bonds is 6. The number of anilines is 1. The molecule has 0 aliphatic carbocycles. The fourth-order valence-electron chi connectivity index (χ4n) is 2.32. The van der Waals surface area contributed by atoms with Gasteiger partial charge in [0.25, 0.3) is 0 Å². The van der Waals surface area contributed by atoms with Gasteiger partial charge in [-0.05, 0) is 43.3 Å². The van der Waals surface area contributed by atoms with Crippen molar-refractivity contribution in [2.24, 2.45) is 0 Å². The lowest BCUT2D eigenvalue weighted by molar-refractivity contribution is -0.115. The van der Waals surface area contributed by atoms with E-state index in [1.807, 2.05) is 0 Å². The molecule has 0 radical (unpaired) electrons. The van der Waals surface area contributed by atoms with E-state index in [1.54, 1.807) is 32.2 Å². The summed E-state index contributed by atoms with van der Waals surface area (Å²) >= 11 is 13.1. The van der Waals surface area contributed by atoms with Crippen LogP contribution in [-0.2, 0) is 4.79 Å². The molecule has 146 valence electrons. The Bertz CT molecular complexity index is 1020. The number of nitrogens with zero attached hydrogens (tertiary/aromatic N) is 2. The number of benzene rings is 2. The number of amides is 1. The van der Waals surface area contributed by atoms with E-state index in [1.165, 1.54) is 12.1 Å². The van der Waals surface area contributed by atoms with Gasteiger partial charge in [-0.3, -0.25) is 9.89 Å².